The summed E-state index contributed by atoms with van der Waals surface area (Å²) in [6.07, 6.45) is 4.48. The smallest absolute Gasteiger partial charge is 0.317 e. The molecule has 0 spiro atoms. The Labute approximate surface area is 137 Å². The fraction of sp³-hybridized carbons (Fsp3) is 0.812. The molecule has 1 aromatic rings. The highest BCUT2D eigenvalue weighted by molar-refractivity contribution is 5.74. The molecule has 0 aliphatic carbocycles. The van der Waals surface area contributed by atoms with Crippen molar-refractivity contribution < 1.29 is 4.79 Å². The van der Waals surface area contributed by atoms with E-state index in [1.807, 2.05) is 4.90 Å². The zero-order valence-electron chi connectivity index (χ0n) is 14.4. The molecular weight excluding hydrogens is 292 g/mol. The number of likely N-dealkylation sites (tertiary alicyclic amines) is 2. The van der Waals surface area contributed by atoms with Gasteiger partial charge in [0.1, 0.15) is 12.2 Å². The summed E-state index contributed by atoms with van der Waals surface area (Å²) in [4.78, 5) is 21.1. The van der Waals surface area contributed by atoms with E-state index in [1.165, 1.54) is 0 Å². The average Bonchev–Trinajstić information content (AvgIpc) is 3.18. The van der Waals surface area contributed by atoms with Crippen molar-refractivity contribution in [3.05, 3.63) is 12.2 Å². The van der Waals surface area contributed by atoms with Crippen LogP contribution in [0.4, 0.5) is 4.79 Å². The fourth-order valence-electron chi connectivity index (χ4n) is 3.52. The highest BCUT2D eigenvalue weighted by atomic mass is 16.2. The van der Waals surface area contributed by atoms with Crippen molar-refractivity contribution in [2.24, 2.45) is 0 Å². The molecule has 0 radical (unpaired) electrons. The predicted molar refractivity (Wildman–Crippen MR) is 88.2 cm³/mol. The van der Waals surface area contributed by atoms with Gasteiger partial charge in [0.05, 0.1) is 0 Å². The Morgan fingerprint density at radius 2 is 2.00 bits per heavy atom. The van der Waals surface area contributed by atoms with Gasteiger partial charge in [-0.2, -0.15) is 5.10 Å². The molecule has 0 aromatic carbocycles. The molecule has 2 N–H and O–H groups in total. The number of rotatable bonds is 2. The summed E-state index contributed by atoms with van der Waals surface area (Å²) < 4.78 is 0. The minimum Gasteiger partial charge on any atom is -0.334 e. The maximum atomic E-state index is 12.5. The zero-order chi connectivity index (χ0) is 16.4. The van der Waals surface area contributed by atoms with Crippen LogP contribution in [-0.2, 0) is 0 Å². The summed E-state index contributed by atoms with van der Waals surface area (Å²) >= 11 is 0. The Bertz CT molecular complexity index is 515. The summed E-state index contributed by atoms with van der Waals surface area (Å²) in [5, 5.41) is 10.1. The third kappa shape index (κ3) is 3.83. The molecule has 2 aliphatic rings. The second-order valence-corrected chi connectivity index (χ2v) is 7.68. The second-order valence-electron chi connectivity index (χ2n) is 7.68. The van der Waals surface area contributed by atoms with Gasteiger partial charge >= 0.3 is 6.03 Å². The minimum atomic E-state index is 0.0850. The van der Waals surface area contributed by atoms with E-state index in [0.717, 1.165) is 51.3 Å². The lowest BCUT2D eigenvalue weighted by Gasteiger charge is -2.33. The molecular formula is C16H28N6O. The van der Waals surface area contributed by atoms with Crippen molar-refractivity contribution in [1.82, 2.24) is 30.3 Å². The topological polar surface area (TPSA) is 77.2 Å². The van der Waals surface area contributed by atoms with Crippen molar-refractivity contribution in [2.75, 3.05) is 26.2 Å². The average molecular weight is 320 g/mol. The molecule has 3 rings (SSSR count). The molecule has 3 heterocycles. The van der Waals surface area contributed by atoms with Gasteiger partial charge in [0, 0.05) is 43.7 Å². The molecule has 0 unspecified atom stereocenters. The van der Waals surface area contributed by atoms with E-state index < -0.39 is 0 Å². The summed E-state index contributed by atoms with van der Waals surface area (Å²) in [5.74, 6) is 1.34. The number of urea groups is 1. The maximum absolute atomic E-state index is 12.5. The van der Waals surface area contributed by atoms with E-state index in [9.17, 15) is 4.79 Å². The van der Waals surface area contributed by atoms with Gasteiger partial charge in [-0.25, -0.2) is 9.78 Å². The van der Waals surface area contributed by atoms with E-state index in [2.05, 4.69) is 46.2 Å². The molecule has 1 atom stereocenters. The summed E-state index contributed by atoms with van der Waals surface area (Å²) in [5.41, 5.74) is 0.175. The number of aromatic amines is 1. The second kappa shape index (κ2) is 6.47. The van der Waals surface area contributed by atoms with Gasteiger partial charge < -0.3 is 10.2 Å². The van der Waals surface area contributed by atoms with Crippen molar-refractivity contribution in [2.45, 2.75) is 57.5 Å². The third-order valence-electron chi connectivity index (χ3n) is 5.07. The molecule has 0 saturated carbocycles. The Morgan fingerprint density at radius 3 is 2.57 bits per heavy atom. The zero-order valence-corrected chi connectivity index (χ0v) is 14.4. The van der Waals surface area contributed by atoms with Crippen LogP contribution in [0.1, 0.15) is 51.8 Å². The van der Waals surface area contributed by atoms with Gasteiger partial charge in [0.25, 0.3) is 0 Å². The van der Waals surface area contributed by atoms with Crippen LogP contribution in [0.15, 0.2) is 6.33 Å². The number of H-pyrrole nitrogens is 1. The first-order chi connectivity index (χ1) is 10.9. The highest BCUT2D eigenvalue weighted by Crippen LogP contribution is 2.25. The first-order valence-corrected chi connectivity index (χ1v) is 8.59. The van der Waals surface area contributed by atoms with E-state index in [4.69, 9.17) is 0 Å². The van der Waals surface area contributed by atoms with E-state index in [0.29, 0.717) is 5.92 Å². The largest absolute Gasteiger partial charge is 0.334 e. The van der Waals surface area contributed by atoms with E-state index >= 15 is 0 Å². The number of nitrogens with one attached hydrogen (secondary N) is 2. The predicted octanol–water partition coefficient (Wildman–Crippen LogP) is 1.57. The standard InChI is InChI=1S/C16H28N6O/c1-16(2,3)22-9-6-13(10-22)19-15(23)21-7-4-12(5-8-21)14-17-11-18-20-14/h11-13H,4-10H2,1-3H3,(H,19,23)(H,17,18,20)/t13-/m1/s1. The molecule has 2 aliphatic heterocycles. The first-order valence-electron chi connectivity index (χ1n) is 8.59. The first kappa shape index (κ1) is 16.2. The van der Waals surface area contributed by atoms with Crippen molar-refractivity contribution in [3.63, 3.8) is 0 Å². The van der Waals surface area contributed by atoms with Gasteiger partial charge in [-0.15, -0.1) is 0 Å². The van der Waals surface area contributed by atoms with Crippen molar-refractivity contribution in [3.8, 4) is 0 Å². The van der Waals surface area contributed by atoms with Gasteiger partial charge in [-0.05, 0) is 40.0 Å². The molecule has 7 heteroatoms. The molecule has 0 bridgehead atoms. The molecule has 128 valence electrons. The van der Waals surface area contributed by atoms with Crippen LogP contribution >= 0.6 is 0 Å². The molecule has 2 fully saturated rings. The lowest BCUT2D eigenvalue weighted by molar-refractivity contribution is 0.162. The number of carbonyl (C=O) groups excluding carboxylic acids is 1. The Balaban J connectivity index is 1.45. The fourth-order valence-corrected chi connectivity index (χ4v) is 3.52. The normalized spacial score (nSPS) is 24.1. The Hall–Kier alpha value is -1.63. The third-order valence-corrected chi connectivity index (χ3v) is 5.07. The number of hydrogen-bond acceptors (Lipinski definition) is 4. The van der Waals surface area contributed by atoms with Crippen molar-refractivity contribution in [1.29, 1.82) is 0 Å². The van der Waals surface area contributed by atoms with Gasteiger partial charge in [-0.1, -0.05) is 0 Å². The number of carbonyl (C=O) groups is 1. The van der Waals surface area contributed by atoms with Crippen LogP contribution in [0, 0.1) is 0 Å². The minimum absolute atomic E-state index is 0.0850. The number of nitrogens with zero attached hydrogens (tertiary/aromatic N) is 4. The molecule has 7 nitrogen and oxygen atoms in total. The number of amides is 2. The highest BCUT2D eigenvalue weighted by Gasteiger charge is 2.32. The monoisotopic (exact) mass is 320 g/mol. The van der Waals surface area contributed by atoms with Crippen LogP contribution in [0.2, 0.25) is 0 Å². The number of piperidine rings is 1. The lowest BCUT2D eigenvalue weighted by Crippen LogP contribution is -2.49. The summed E-state index contributed by atoms with van der Waals surface area (Å²) in [7, 11) is 0. The van der Waals surface area contributed by atoms with Crippen LogP contribution in [0.5, 0.6) is 0 Å². The summed E-state index contributed by atoms with van der Waals surface area (Å²) in [6, 6.07) is 0.357. The van der Waals surface area contributed by atoms with Crippen molar-refractivity contribution >= 4 is 6.03 Å². The molecule has 2 saturated heterocycles. The number of aromatic nitrogens is 3. The van der Waals surface area contributed by atoms with Crippen LogP contribution < -0.4 is 5.32 Å². The SMILES string of the molecule is CC(C)(C)N1CC[C@@H](NC(=O)N2CCC(c3ncn[nH]3)CC2)C1. The van der Waals surface area contributed by atoms with Crippen LogP contribution in [0.3, 0.4) is 0 Å². The Morgan fingerprint density at radius 1 is 1.26 bits per heavy atom. The summed E-state index contributed by atoms with van der Waals surface area (Å²) in [6.45, 7) is 10.3. The van der Waals surface area contributed by atoms with Crippen LogP contribution in [0.25, 0.3) is 0 Å². The number of hydrogen-bond donors (Lipinski definition) is 2. The maximum Gasteiger partial charge on any atom is 0.317 e. The quantitative estimate of drug-likeness (QED) is 0.867. The Kier molecular flexibility index (Phi) is 4.57. The molecule has 2 amide bonds. The lowest BCUT2D eigenvalue weighted by atomic mass is 9.96. The van der Waals surface area contributed by atoms with E-state index in [1.54, 1.807) is 6.33 Å². The molecule has 23 heavy (non-hydrogen) atoms. The van der Waals surface area contributed by atoms with Crippen LogP contribution in [-0.4, -0.2) is 68.8 Å². The van der Waals surface area contributed by atoms with E-state index in [-0.39, 0.29) is 17.6 Å². The van der Waals surface area contributed by atoms with Gasteiger partial charge in [0.15, 0.2) is 0 Å². The van der Waals surface area contributed by atoms with Gasteiger partial charge in [-0.3, -0.25) is 10.00 Å². The molecule has 1 aromatic heterocycles. The van der Waals surface area contributed by atoms with Gasteiger partial charge in [0.2, 0.25) is 0 Å².